The zero-order valence-corrected chi connectivity index (χ0v) is 19.3. The van der Waals surface area contributed by atoms with Gasteiger partial charge in [-0.2, -0.15) is 0 Å². The molecule has 9 heteroatoms. The molecule has 0 amide bonds. The second-order valence-corrected chi connectivity index (χ2v) is 7.02. The highest BCUT2D eigenvalue weighted by molar-refractivity contribution is 14.0. The molecule has 156 valence electrons. The number of nitrogens with zero attached hydrogens (tertiary/aromatic N) is 6. The maximum Gasteiger partial charge on any atom is 0.191 e. The summed E-state index contributed by atoms with van der Waals surface area (Å²) in [7, 11) is 2.20. The number of nitrogens with one attached hydrogen (secondary N) is 2. The monoisotopic (exact) mass is 500 g/mol. The summed E-state index contributed by atoms with van der Waals surface area (Å²) in [5, 5.41) is 15.1. The summed E-state index contributed by atoms with van der Waals surface area (Å²) < 4.78 is 1.98. The van der Waals surface area contributed by atoms with Crippen LogP contribution in [0.1, 0.15) is 25.6 Å². The number of hydrogen-bond donors (Lipinski definition) is 2. The molecule has 0 aliphatic carbocycles. The van der Waals surface area contributed by atoms with Crippen molar-refractivity contribution in [1.29, 1.82) is 0 Å². The topological polar surface area (TPSA) is 73.1 Å². The molecule has 0 unspecified atom stereocenters. The second kappa shape index (κ2) is 12.2. The minimum absolute atomic E-state index is 0. The standard InChI is InChI=1S/C19H32N8.HI/c1-3-20-19(21-9-5-7-10-26-14-12-25(2)13-15-26)22-16-18-24-23-17-8-4-6-11-27(17)18;/h4,6,8,11H,3,5,7,9-10,12-16H2,1-2H3,(H2,20,21,22);1H. The fourth-order valence-corrected chi connectivity index (χ4v) is 3.23. The second-order valence-electron chi connectivity index (χ2n) is 7.02. The van der Waals surface area contributed by atoms with Crippen LogP contribution in [0.25, 0.3) is 5.65 Å². The Bertz CT molecular complexity index is 724. The van der Waals surface area contributed by atoms with Gasteiger partial charge in [0.05, 0.1) is 0 Å². The number of piperazine rings is 1. The highest BCUT2D eigenvalue weighted by Gasteiger charge is 2.12. The number of unbranched alkanes of at least 4 members (excludes halogenated alkanes) is 1. The van der Waals surface area contributed by atoms with E-state index in [2.05, 4.69) is 49.6 Å². The maximum absolute atomic E-state index is 4.66. The summed E-state index contributed by atoms with van der Waals surface area (Å²) >= 11 is 0. The first-order valence-electron chi connectivity index (χ1n) is 9.98. The van der Waals surface area contributed by atoms with E-state index < -0.39 is 0 Å². The van der Waals surface area contributed by atoms with Crippen LogP contribution >= 0.6 is 24.0 Å². The summed E-state index contributed by atoms with van der Waals surface area (Å²) in [6.45, 7) is 10.3. The third-order valence-electron chi connectivity index (χ3n) is 4.90. The van der Waals surface area contributed by atoms with Gasteiger partial charge in [-0.1, -0.05) is 6.07 Å². The lowest BCUT2D eigenvalue weighted by atomic mass is 10.2. The molecular weight excluding hydrogens is 467 g/mol. The van der Waals surface area contributed by atoms with Gasteiger partial charge in [0.15, 0.2) is 17.4 Å². The summed E-state index contributed by atoms with van der Waals surface area (Å²) in [5.41, 5.74) is 0.851. The summed E-state index contributed by atoms with van der Waals surface area (Å²) in [6.07, 6.45) is 4.33. The van der Waals surface area contributed by atoms with E-state index in [1.54, 1.807) is 0 Å². The first-order chi connectivity index (χ1) is 13.3. The van der Waals surface area contributed by atoms with Gasteiger partial charge in [-0.15, -0.1) is 34.2 Å². The molecule has 0 bridgehead atoms. The summed E-state index contributed by atoms with van der Waals surface area (Å²) in [4.78, 5) is 9.62. The molecule has 1 aliphatic rings. The Morgan fingerprint density at radius 3 is 2.71 bits per heavy atom. The molecule has 1 aliphatic heterocycles. The van der Waals surface area contributed by atoms with Crippen LogP contribution < -0.4 is 10.6 Å². The first kappa shape index (κ1) is 22.8. The number of guanidine groups is 1. The van der Waals surface area contributed by atoms with E-state index in [0.29, 0.717) is 6.54 Å². The highest BCUT2D eigenvalue weighted by atomic mass is 127. The Kier molecular flexibility index (Phi) is 9.93. The van der Waals surface area contributed by atoms with E-state index in [1.165, 1.54) is 39.1 Å². The summed E-state index contributed by atoms with van der Waals surface area (Å²) in [5.74, 6) is 1.68. The van der Waals surface area contributed by atoms with Crippen LogP contribution in [0.3, 0.4) is 0 Å². The zero-order chi connectivity index (χ0) is 18.9. The average molecular weight is 500 g/mol. The van der Waals surface area contributed by atoms with Gasteiger partial charge in [-0.3, -0.25) is 4.40 Å². The van der Waals surface area contributed by atoms with Crippen LogP contribution in [0.5, 0.6) is 0 Å². The fourth-order valence-electron chi connectivity index (χ4n) is 3.23. The Balaban J connectivity index is 0.00000280. The average Bonchev–Trinajstić information content (AvgIpc) is 3.10. The lowest BCUT2D eigenvalue weighted by molar-refractivity contribution is 0.152. The maximum atomic E-state index is 4.66. The van der Waals surface area contributed by atoms with Gasteiger partial charge in [-0.25, -0.2) is 4.99 Å². The molecule has 3 heterocycles. The van der Waals surface area contributed by atoms with E-state index in [1.807, 2.05) is 28.8 Å². The number of halogens is 1. The quantitative estimate of drug-likeness (QED) is 0.247. The third-order valence-corrected chi connectivity index (χ3v) is 4.90. The number of hydrogen-bond acceptors (Lipinski definition) is 5. The Morgan fingerprint density at radius 1 is 1.11 bits per heavy atom. The molecule has 28 heavy (non-hydrogen) atoms. The van der Waals surface area contributed by atoms with Crippen molar-refractivity contribution in [2.75, 3.05) is 52.9 Å². The van der Waals surface area contributed by atoms with E-state index in [4.69, 9.17) is 0 Å². The van der Waals surface area contributed by atoms with Crippen molar-refractivity contribution < 1.29 is 0 Å². The van der Waals surface area contributed by atoms with Gasteiger partial charge in [-0.05, 0) is 45.5 Å². The molecule has 3 rings (SSSR count). The van der Waals surface area contributed by atoms with Crippen LogP contribution in [0.2, 0.25) is 0 Å². The van der Waals surface area contributed by atoms with Gasteiger partial charge in [0, 0.05) is 45.5 Å². The molecule has 1 fully saturated rings. The van der Waals surface area contributed by atoms with Gasteiger partial charge in [0.25, 0.3) is 0 Å². The minimum atomic E-state index is 0. The lowest BCUT2D eigenvalue weighted by Gasteiger charge is -2.32. The van der Waals surface area contributed by atoms with Crippen LogP contribution in [0.15, 0.2) is 29.4 Å². The third kappa shape index (κ3) is 6.85. The van der Waals surface area contributed by atoms with E-state index in [0.717, 1.165) is 36.9 Å². The van der Waals surface area contributed by atoms with E-state index >= 15 is 0 Å². The molecule has 8 nitrogen and oxygen atoms in total. The van der Waals surface area contributed by atoms with Crippen molar-refractivity contribution in [3.63, 3.8) is 0 Å². The number of fused-ring (bicyclic) bond motifs is 1. The van der Waals surface area contributed by atoms with Crippen molar-refractivity contribution in [3.05, 3.63) is 30.2 Å². The van der Waals surface area contributed by atoms with Crippen molar-refractivity contribution >= 4 is 35.6 Å². The number of pyridine rings is 1. The van der Waals surface area contributed by atoms with Crippen LogP contribution in [-0.2, 0) is 6.54 Å². The van der Waals surface area contributed by atoms with Crippen LogP contribution in [0.4, 0.5) is 0 Å². The molecular formula is C19H33IN8. The summed E-state index contributed by atoms with van der Waals surface area (Å²) in [6, 6.07) is 5.89. The Hall–Kier alpha value is -1.46. The van der Waals surface area contributed by atoms with Crippen molar-refractivity contribution in [2.24, 2.45) is 4.99 Å². The predicted octanol–water partition coefficient (Wildman–Crippen LogP) is 1.43. The van der Waals surface area contributed by atoms with Crippen LogP contribution in [0, 0.1) is 0 Å². The molecule has 2 aromatic heterocycles. The highest BCUT2D eigenvalue weighted by Crippen LogP contribution is 2.04. The molecule has 0 saturated carbocycles. The number of aromatic nitrogens is 3. The van der Waals surface area contributed by atoms with Gasteiger partial charge >= 0.3 is 0 Å². The van der Waals surface area contributed by atoms with Gasteiger partial charge in [0.1, 0.15) is 6.54 Å². The molecule has 0 aromatic carbocycles. The number of aliphatic imine (C=N–C) groups is 1. The van der Waals surface area contributed by atoms with Gasteiger partial charge in [0.2, 0.25) is 0 Å². The smallest absolute Gasteiger partial charge is 0.191 e. The predicted molar refractivity (Wildman–Crippen MR) is 124 cm³/mol. The lowest BCUT2D eigenvalue weighted by Crippen LogP contribution is -2.44. The van der Waals surface area contributed by atoms with E-state index in [9.17, 15) is 0 Å². The molecule has 1 saturated heterocycles. The Morgan fingerprint density at radius 2 is 1.93 bits per heavy atom. The largest absolute Gasteiger partial charge is 0.357 e. The fraction of sp³-hybridized carbons (Fsp3) is 0.632. The van der Waals surface area contributed by atoms with E-state index in [-0.39, 0.29) is 24.0 Å². The van der Waals surface area contributed by atoms with Crippen molar-refractivity contribution in [1.82, 2.24) is 35.0 Å². The molecule has 0 radical (unpaired) electrons. The molecule has 0 spiro atoms. The van der Waals surface area contributed by atoms with Crippen LogP contribution in [-0.4, -0.2) is 83.2 Å². The van der Waals surface area contributed by atoms with Crippen molar-refractivity contribution in [3.8, 4) is 0 Å². The van der Waals surface area contributed by atoms with Crippen molar-refractivity contribution in [2.45, 2.75) is 26.3 Å². The molecule has 0 atom stereocenters. The van der Waals surface area contributed by atoms with Gasteiger partial charge < -0.3 is 20.4 Å². The zero-order valence-electron chi connectivity index (χ0n) is 17.0. The normalized spacial score (nSPS) is 16.1. The molecule has 2 N–H and O–H groups in total. The first-order valence-corrected chi connectivity index (χ1v) is 9.98. The number of likely N-dealkylation sites (N-methyl/N-ethyl adjacent to an activating group) is 1. The Labute approximate surface area is 184 Å². The molecule has 2 aromatic rings. The minimum Gasteiger partial charge on any atom is -0.357 e. The SMILES string of the molecule is CCNC(=NCc1nnc2ccccn12)NCCCCN1CCN(C)CC1.I. The number of rotatable bonds is 8.